The molecule has 1 aromatic heterocycles. The maximum atomic E-state index is 12.2. The van der Waals surface area contributed by atoms with Crippen LogP contribution < -0.4 is 14.8 Å². The van der Waals surface area contributed by atoms with E-state index in [0.717, 1.165) is 11.4 Å². The fourth-order valence-corrected chi connectivity index (χ4v) is 2.03. The van der Waals surface area contributed by atoms with Gasteiger partial charge in [0.15, 0.2) is 12.4 Å². The van der Waals surface area contributed by atoms with Crippen molar-refractivity contribution in [3.05, 3.63) is 53.8 Å². The average Bonchev–Trinajstić information content (AvgIpc) is 2.49. The van der Waals surface area contributed by atoms with Gasteiger partial charge in [0, 0.05) is 49.5 Å². The van der Waals surface area contributed by atoms with Gasteiger partial charge in [-0.05, 0) is 24.3 Å². The Bertz CT molecular complexity index is 608. The van der Waals surface area contributed by atoms with E-state index in [9.17, 15) is 4.79 Å². The van der Waals surface area contributed by atoms with Gasteiger partial charge < -0.3 is 10.2 Å². The van der Waals surface area contributed by atoms with Crippen molar-refractivity contribution < 1.29 is 9.36 Å². The van der Waals surface area contributed by atoms with Gasteiger partial charge in [-0.25, -0.2) is 0 Å². The van der Waals surface area contributed by atoms with Crippen molar-refractivity contribution in [3.8, 4) is 0 Å². The summed E-state index contributed by atoms with van der Waals surface area (Å²) in [5.74, 6) is -0.0695. The van der Waals surface area contributed by atoms with E-state index in [-0.39, 0.29) is 11.9 Å². The Balaban J connectivity index is 2.06. The van der Waals surface area contributed by atoms with Crippen molar-refractivity contribution in [3.63, 3.8) is 0 Å². The summed E-state index contributed by atoms with van der Waals surface area (Å²) in [5, 5.41) is 3.52. The Labute approximate surface area is 130 Å². The largest absolute Gasteiger partial charge is 0.377 e. The van der Waals surface area contributed by atoms with Crippen LogP contribution in [0.2, 0.25) is 5.02 Å². The summed E-state index contributed by atoms with van der Waals surface area (Å²) in [5.41, 5.74) is 1.83. The second-order valence-electron chi connectivity index (χ2n) is 5.07. The second-order valence-corrected chi connectivity index (χ2v) is 5.51. The molecule has 0 aliphatic carbocycles. The predicted octanol–water partition coefficient (Wildman–Crippen LogP) is 2.89. The van der Waals surface area contributed by atoms with Crippen LogP contribution >= 0.6 is 11.6 Å². The van der Waals surface area contributed by atoms with Gasteiger partial charge in [0.2, 0.25) is 6.04 Å². The summed E-state index contributed by atoms with van der Waals surface area (Å²) in [6.45, 7) is 1.86. The van der Waals surface area contributed by atoms with Crippen LogP contribution in [0.1, 0.15) is 13.0 Å². The zero-order valence-electron chi connectivity index (χ0n) is 12.4. The Morgan fingerprint density at radius 1 is 1.14 bits per heavy atom. The number of halogens is 1. The lowest BCUT2D eigenvalue weighted by Crippen LogP contribution is -2.44. The van der Waals surface area contributed by atoms with Crippen molar-refractivity contribution in [2.45, 2.75) is 13.0 Å². The van der Waals surface area contributed by atoms with Gasteiger partial charge in [-0.1, -0.05) is 11.6 Å². The highest BCUT2D eigenvalue weighted by molar-refractivity contribution is 6.30. The zero-order chi connectivity index (χ0) is 15.4. The van der Waals surface area contributed by atoms with E-state index >= 15 is 0 Å². The third kappa shape index (κ3) is 3.95. The van der Waals surface area contributed by atoms with E-state index in [1.165, 1.54) is 0 Å². The molecule has 0 spiro atoms. The molecule has 0 radical (unpaired) electrons. The molecule has 1 heterocycles. The summed E-state index contributed by atoms with van der Waals surface area (Å²) in [6.07, 6.45) is 3.81. The molecule has 0 aliphatic rings. The van der Waals surface area contributed by atoms with E-state index in [2.05, 4.69) is 5.32 Å². The molecule has 0 fully saturated rings. The number of nitrogens with zero attached hydrogens (tertiary/aromatic N) is 2. The van der Waals surface area contributed by atoms with Crippen LogP contribution in [0.3, 0.4) is 0 Å². The fourth-order valence-electron chi connectivity index (χ4n) is 1.90. The first-order chi connectivity index (χ1) is 9.97. The molecule has 0 saturated heterocycles. The number of carbonyl (C=O) groups excluding carboxylic acids is 1. The van der Waals surface area contributed by atoms with Crippen LogP contribution in [0.5, 0.6) is 0 Å². The van der Waals surface area contributed by atoms with Crippen LogP contribution in [-0.4, -0.2) is 20.0 Å². The van der Waals surface area contributed by atoms with E-state index in [1.54, 1.807) is 24.3 Å². The van der Waals surface area contributed by atoms with Crippen LogP contribution in [0, 0.1) is 0 Å². The minimum absolute atomic E-state index is 0.0695. The Kier molecular flexibility index (Phi) is 4.81. The van der Waals surface area contributed by atoms with Crippen molar-refractivity contribution in [1.82, 2.24) is 0 Å². The highest BCUT2D eigenvalue weighted by Crippen LogP contribution is 2.14. The zero-order valence-corrected chi connectivity index (χ0v) is 13.1. The van der Waals surface area contributed by atoms with Crippen molar-refractivity contribution in [2.75, 3.05) is 24.3 Å². The highest BCUT2D eigenvalue weighted by Gasteiger charge is 2.21. The molecule has 1 aromatic carbocycles. The fraction of sp³-hybridized carbons (Fsp3) is 0.250. The summed E-state index contributed by atoms with van der Waals surface area (Å²) in [7, 11) is 3.96. The molecule has 0 aliphatic heterocycles. The highest BCUT2D eigenvalue weighted by atomic mass is 35.5. The maximum Gasteiger partial charge on any atom is 0.293 e. The van der Waals surface area contributed by atoms with Crippen molar-refractivity contribution in [1.29, 1.82) is 0 Å². The minimum atomic E-state index is -0.295. The predicted molar refractivity (Wildman–Crippen MR) is 85.8 cm³/mol. The van der Waals surface area contributed by atoms with Crippen LogP contribution in [0.15, 0.2) is 48.8 Å². The first-order valence-electron chi connectivity index (χ1n) is 6.72. The molecule has 21 heavy (non-hydrogen) atoms. The Hall–Kier alpha value is -2.07. The molecule has 0 bridgehead atoms. The van der Waals surface area contributed by atoms with Crippen LogP contribution in [-0.2, 0) is 4.79 Å². The lowest BCUT2D eigenvalue weighted by molar-refractivity contribution is -0.705. The number of hydrogen-bond donors (Lipinski definition) is 1. The average molecular weight is 305 g/mol. The first-order valence-corrected chi connectivity index (χ1v) is 7.10. The smallest absolute Gasteiger partial charge is 0.293 e. The third-order valence-corrected chi connectivity index (χ3v) is 3.54. The number of rotatable bonds is 4. The monoisotopic (exact) mass is 304 g/mol. The minimum Gasteiger partial charge on any atom is -0.377 e. The molecule has 2 aromatic rings. The van der Waals surface area contributed by atoms with Gasteiger partial charge in [0.1, 0.15) is 0 Å². The van der Waals surface area contributed by atoms with E-state index < -0.39 is 0 Å². The number of benzene rings is 1. The maximum absolute atomic E-state index is 12.2. The van der Waals surface area contributed by atoms with E-state index in [1.807, 2.05) is 55.0 Å². The molecule has 0 saturated carbocycles. The molecule has 2 rings (SSSR count). The lowest BCUT2D eigenvalue weighted by Gasteiger charge is -2.12. The molecular weight excluding hydrogens is 286 g/mol. The Morgan fingerprint density at radius 2 is 1.71 bits per heavy atom. The Morgan fingerprint density at radius 3 is 2.24 bits per heavy atom. The number of pyridine rings is 1. The molecule has 1 atom stereocenters. The number of anilines is 2. The summed E-state index contributed by atoms with van der Waals surface area (Å²) >= 11 is 5.83. The molecule has 5 heteroatoms. The van der Waals surface area contributed by atoms with Gasteiger partial charge in [-0.3, -0.25) is 4.79 Å². The van der Waals surface area contributed by atoms with E-state index in [4.69, 9.17) is 11.6 Å². The summed E-state index contributed by atoms with van der Waals surface area (Å²) in [4.78, 5) is 14.3. The van der Waals surface area contributed by atoms with Crippen LogP contribution in [0.4, 0.5) is 11.4 Å². The molecule has 1 amide bonds. The molecular formula is C16H19ClN3O+. The first kappa shape index (κ1) is 15.3. The van der Waals surface area contributed by atoms with Crippen molar-refractivity contribution in [2.24, 2.45) is 0 Å². The quantitative estimate of drug-likeness (QED) is 0.882. The summed E-state index contributed by atoms with van der Waals surface area (Å²) in [6, 6.07) is 10.7. The van der Waals surface area contributed by atoms with Gasteiger partial charge >= 0.3 is 0 Å². The van der Waals surface area contributed by atoms with Crippen molar-refractivity contribution >= 4 is 28.9 Å². The van der Waals surface area contributed by atoms with Gasteiger partial charge in [-0.2, -0.15) is 4.57 Å². The molecule has 110 valence electrons. The standard InChI is InChI=1S/C16H18ClN3O/c1-12(20-10-8-15(9-11-20)19(2)3)16(21)18-14-6-4-13(17)5-7-14/h4-12H,1-3H3/p+1/t12-/m1/s1. The number of aromatic nitrogens is 1. The van der Waals surface area contributed by atoms with E-state index in [0.29, 0.717) is 5.02 Å². The third-order valence-electron chi connectivity index (χ3n) is 3.29. The van der Waals surface area contributed by atoms with Crippen LogP contribution in [0.25, 0.3) is 0 Å². The second kappa shape index (κ2) is 6.59. The molecule has 0 unspecified atom stereocenters. The number of carbonyl (C=O) groups is 1. The van der Waals surface area contributed by atoms with Gasteiger partial charge in [0.25, 0.3) is 5.91 Å². The van der Waals surface area contributed by atoms with Gasteiger partial charge in [-0.15, -0.1) is 0 Å². The molecule has 4 nitrogen and oxygen atoms in total. The normalized spacial score (nSPS) is 11.8. The SMILES string of the molecule is C[C@H](C(=O)Nc1ccc(Cl)cc1)[n+]1ccc(N(C)C)cc1. The summed E-state index contributed by atoms with van der Waals surface area (Å²) < 4.78 is 1.87. The number of nitrogens with one attached hydrogen (secondary N) is 1. The topological polar surface area (TPSA) is 36.2 Å². The number of hydrogen-bond acceptors (Lipinski definition) is 2. The number of amides is 1. The molecule has 1 N–H and O–H groups in total. The lowest BCUT2D eigenvalue weighted by atomic mass is 10.2. The van der Waals surface area contributed by atoms with Gasteiger partial charge in [0.05, 0.1) is 0 Å².